The van der Waals surface area contributed by atoms with E-state index in [0.717, 1.165) is 4.70 Å². The van der Waals surface area contributed by atoms with Crippen LogP contribution in [0.4, 0.5) is 4.39 Å². The summed E-state index contributed by atoms with van der Waals surface area (Å²) < 4.78 is 19.1. The molecule has 2 aromatic rings. The molecule has 0 bridgehead atoms. The summed E-state index contributed by atoms with van der Waals surface area (Å²) in [6.07, 6.45) is 0. The summed E-state index contributed by atoms with van der Waals surface area (Å²) in [6.45, 7) is 0. The lowest BCUT2D eigenvalue weighted by Crippen LogP contribution is -2.00. The maximum Gasteiger partial charge on any atom is 0.348 e. The van der Waals surface area contributed by atoms with Gasteiger partial charge in [0.1, 0.15) is 10.7 Å². The summed E-state index contributed by atoms with van der Waals surface area (Å²) in [5.41, 5.74) is 0.657. The third-order valence-corrected chi connectivity index (χ3v) is 4.01. The Morgan fingerprint density at radius 2 is 2.31 bits per heavy atom. The normalized spacial score (nSPS) is 10.7. The molecule has 0 aliphatic carbocycles. The van der Waals surface area contributed by atoms with Crippen LogP contribution in [0, 0.1) is 5.82 Å². The van der Waals surface area contributed by atoms with Crippen molar-refractivity contribution in [1.82, 2.24) is 0 Å². The number of ether oxygens (including phenoxy) is 1. The average molecular weight is 303 g/mol. The molecule has 0 unspecified atom stereocenters. The number of carbonyl (C=O) groups excluding carboxylic acids is 1. The monoisotopic (exact) mass is 302 g/mol. The molecule has 2 nitrogen and oxygen atoms in total. The van der Waals surface area contributed by atoms with Gasteiger partial charge in [0, 0.05) is 15.4 Å². The van der Waals surface area contributed by atoms with Crippen LogP contribution in [0.3, 0.4) is 0 Å². The minimum atomic E-state index is -0.421. The van der Waals surface area contributed by atoms with Crippen LogP contribution < -0.4 is 0 Å². The summed E-state index contributed by atoms with van der Waals surface area (Å²) in [7, 11) is 1.32. The molecule has 2 rings (SSSR count). The minimum Gasteiger partial charge on any atom is -0.465 e. The van der Waals surface area contributed by atoms with Crippen molar-refractivity contribution in [3.8, 4) is 0 Å². The first-order valence-electron chi connectivity index (χ1n) is 4.53. The zero-order valence-electron chi connectivity index (χ0n) is 8.42. The molecule has 0 aliphatic rings. The maximum absolute atomic E-state index is 13.6. The molecule has 1 aromatic carbocycles. The number of rotatable bonds is 2. The van der Waals surface area contributed by atoms with Gasteiger partial charge in [0.2, 0.25) is 0 Å². The highest BCUT2D eigenvalue weighted by Crippen LogP contribution is 2.34. The topological polar surface area (TPSA) is 26.3 Å². The van der Waals surface area contributed by atoms with Gasteiger partial charge in [-0.25, -0.2) is 9.18 Å². The molecule has 0 radical (unpaired) electrons. The molecule has 0 saturated heterocycles. The van der Waals surface area contributed by atoms with Crippen molar-refractivity contribution in [2.24, 2.45) is 0 Å². The second-order valence-corrected chi connectivity index (χ2v) is 4.76. The summed E-state index contributed by atoms with van der Waals surface area (Å²) >= 11 is 4.52. The number of carbonyl (C=O) groups is 1. The molecule has 0 atom stereocenters. The summed E-state index contributed by atoms with van der Waals surface area (Å²) in [4.78, 5) is 12.0. The third-order valence-electron chi connectivity index (χ3n) is 2.27. The predicted octanol–water partition coefficient (Wildman–Crippen LogP) is 3.72. The highest BCUT2D eigenvalue weighted by molar-refractivity contribution is 9.08. The van der Waals surface area contributed by atoms with Gasteiger partial charge < -0.3 is 4.74 Å². The number of benzene rings is 1. The van der Waals surface area contributed by atoms with Crippen LogP contribution in [0.1, 0.15) is 15.2 Å². The van der Waals surface area contributed by atoms with E-state index in [1.165, 1.54) is 24.5 Å². The fraction of sp³-hybridized carbons (Fsp3) is 0.182. The van der Waals surface area contributed by atoms with Gasteiger partial charge in [0.05, 0.1) is 7.11 Å². The molecule has 16 heavy (non-hydrogen) atoms. The van der Waals surface area contributed by atoms with Crippen molar-refractivity contribution < 1.29 is 13.9 Å². The van der Waals surface area contributed by atoms with Crippen molar-refractivity contribution in [3.05, 3.63) is 34.5 Å². The quantitative estimate of drug-likeness (QED) is 0.624. The van der Waals surface area contributed by atoms with Crippen molar-refractivity contribution in [1.29, 1.82) is 0 Å². The zero-order valence-corrected chi connectivity index (χ0v) is 10.8. The Kier molecular flexibility index (Phi) is 3.25. The van der Waals surface area contributed by atoms with E-state index < -0.39 is 5.97 Å². The molecule has 0 saturated carbocycles. The van der Waals surface area contributed by atoms with Crippen LogP contribution in [-0.2, 0) is 10.1 Å². The SMILES string of the molecule is COC(=O)c1sc2cccc(F)c2c1CBr. The van der Waals surface area contributed by atoms with Gasteiger partial charge >= 0.3 is 5.97 Å². The Bertz CT molecular complexity index is 550. The number of fused-ring (bicyclic) bond motifs is 1. The van der Waals surface area contributed by atoms with E-state index in [9.17, 15) is 9.18 Å². The fourth-order valence-corrected chi connectivity index (χ4v) is 3.45. The van der Waals surface area contributed by atoms with Crippen LogP contribution >= 0.6 is 27.3 Å². The lowest BCUT2D eigenvalue weighted by atomic mass is 10.1. The second kappa shape index (κ2) is 4.51. The fourth-order valence-electron chi connectivity index (χ4n) is 1.55. The Morgan fingerprint density at radius 1 is 1.56 bits per heavy atom. The van der Waals surface area contributed by atoms with E-state index in [1.807, 2.05) is 0 Å². The van der Waals surface area contributed by atoms with Crippen LogP contribution in [0.15, 0.2) is 18.2 Å². The largest absolute Gasteiger partial charge is 0.465 e. The summed E-state index contributed by atoms with van der Waals surface area (Å²) in [6, 6.07) is 4.82. The van der Waals surface area contributed by atoms with Gasteiger partial charge in [-0.3, -0.25) is 0 Å². The van der Waals surface area contributed by atoms with E-state index in [1.54, 1.807) is 12.1 Å². The smallest absolute Gasteiger partial charge is 0.348 e. The van der Waals surface area contributed by atoms with E-state index in [2.05, 4.69) is 20.7 Å². The van der Waals surface area contributed by atoms with Gasteiger partial charge in [-0.2, -0.15) is 0 Å². The van der Waals surface area contributed by atoms with Crippen LogP contribution in [0.25, 0.3) is 10.1 Å². The number of halogens is 2. The Morgan fingerprint density at radius 3 is 2.94 bits per heavy atom. The third kappa shape index (κ3) is 1.74. The van der Waals surface area contributed by atoms with Gasteiger partial charge in [-0.15, -0.1) is 11.3 Å². The highest BCUT2D eigenvalue weighted by Gasteiger charge is 2.19. The van der Waals surface area contributed by atoms with E-state index >= 15 is 0 Å². The minimum absolute atomic E-state index is 0.307. The predicted molar refractivity (Wildman–Crippen MR) is 65.8 cm³/mol. The van der Waals surface area contributed by atoms with Crippen LogP contribution in [-0.4, -0.2) is 13.1 Å². The lowest BCUT2D eigenvalue weighted by molar-refractivity contribution is 0.0605. The molecule has 0 amide bonds. The van der Waals surface area contributed by atoms with Gasteiger partial charge in [0.15, 0.2) is 0 Å². The first-order chi connectivity index (χ1) is 7.69. The van der Waals surface area contributed by atoms with Crippen molar-refractivity contribution in [3.63, 3.8) is 0 Å². The molecular formula is C11H8BrFO2S. The van der Waals surface area contributed by atoms with Crippen LogP contribution in [0.5, 0.6) is 0 Å². The average Bonchev–Trinajstić information content (AvgIpc) is 2.68. The molecule has 5 heteroatoms. The van der Waals surface area contributed by atoms with Crippen LogP contribution in [0.2, 0.25) is 0 Å². The number of esters is 1. The molecule has 84 valence electrons. The Hall–Kier alpha value is -0.940. The molecule has 1 aromatic heterocycles. The second-order valence-electron chi connectivity index (χ2n) is 3.15. The first-order valence-corrected chi connectivity index (χ1v) is 6.47. The van der Waals surface area contributed by atoms with Gasteiger partial charge in [0.25, 0.3) is 0 Å². The lowest BCUT2D eigenvalue weighted by Gasteiger charge is -1.99. The molecule has 1 heterocycles. The molecule has 0 N–H and O–H groups in total. The molecule has 0 fully saturated rings. The Labute approximate surface area is 104 Å². The first kappa shape index (κ1) is 11.5. The van der Waals surface area contributed by atoms with Crippen molar-refractivity contribution in [2.75, 3.05) is 7.11 Å². The highest BCUT2D eigenvalue weighted by atomic mass is 79.9. The molecule has 0 aliphatic heterocycles. The maximum atomic E-state index is 13.6. The van der Waals surface area contributed by atoms with Gasteiger partial charge in [-0.05, 0) is 17.7 Å². The van der Waals surface area contributed by atoms with Gasteiger partial charge in [-0.1, -0.05) is 22.0 Å². The summed E-state index contributed by atoms with van der Waals surface area (Å²) in [5.74, 6) is -0.728. The molecule has 0 spiro atoms. The number of methoxy groups -OCH3 is 1. The van der Waals surface area contributed by atoms with E-state index in [0.29, 0.717) is 21.2 Å². The Balaban J connectivity index is 2.77. The van der Waals surface area contributed by atoms with Crippen molar-refractivity contribution in [2.45, 2.75) is 5.33 Å². The number of hydrogen-bond acceptors (Lipinski definition) is 3. The van der Waals surface area contributed by atoms with Crippen molar-refractivity contribution >= 4 is 43.3 Å². The number of hydrogen-bond donors (Lipinski definition) is 0. The van der Waals surface area contributed by atoms with E-state index in [-0.39, 0.29) is 5.82 Å². The molecular weight excluding hydrogens is 295 g/mol. The summed E-state index contributed by atoms with van der Waals surface area (Å²) in [5, 5.41) is 0.933. The zero-order chi connectivity index (χ0) is 11.7. The standard InChI is InChI=1S/C11H8BrFO2S/c1-15-11(14)10-6(5-12)9-7(13)3-2-4-8(9)16-10/h2-4H,5H2,1H3. The number of thiophene rings is 1. The number of alkyl halides is 1. The van der Waals surface area contributed by atoms with E-state index in [4.69, 9.17) is 0 Å².